The molecular formula is C27H18O. The van der Waals surface area contributed by atoms with Crippen LogP contribution in [0.5, 0.6) is 0 Å². The first kappa shape index (κ1) is 15.5. The van der Waals surface area contributed by atoms with Crippen molar-refractivity contribution in [2.75, 3.05) is 0 Å². The minimum absolute atomic E-state index is 0.903. The summed E-state index contributed by atoms with van der Waals surface area (Å²) >= 11 is 0. The minimum atomic E-state index is 0.903. The molecule has 2 aliphatic carbocycles. The lowest BCUT2D eigenvalue weighted by molar-refractivity contribution is 0.582. The Morgan fingerprint density at radius 2 is 1.39 bits per heavy atom. The van der Waals surface area contributed by atoms with E-state index >= 15 is 0 Å². The molecule has 0 unspecified atom stereocenters. The third kappa shape index (κ3) is 2.26. The lowest BCUT2D eigenvalue weighted by Crippen LogP contribution is -1.88. The van der Waals surface area contributed by atoms with Crippen LogP contribution in [0, 0.1) is 0 Å². The zero-order valence-electron chi connectivity index (χ0n) is 15.4. The van der Waals surface area contributed by atoms with Crippen molar-refractivity contribution in [3.05, 3.63) is 108 Å². The van der Waals surface area contributed by atoms with Crippen LogP contribution in [0.25, 0.3) is 45.1 Å². The summed E-state index contributed by atoms with van der Waals surface area (Å²) in [5.74, 6) is 1.89. The van der Waals surface area contributed by atoms with E-state index in [1.807, 2.05) is 18.2 Å². The van der Waals surface area contributed by atoms with Gasteiger partial charge in [0.25, 0.3) is 0 Å². The van der Waals surface area contributed by atoms with Crippen molar-refractivity contribution in [2.45, 2.75) is 6.42 Å². The summed E-state index contributed by atoms with van der Waals surface area (Å²) in [7, 11) is 0. The van der Waals surface area contributed by atoms with Crippen LogP contribution in [0.4, 0.5) is 0 Å². The van der Waals surface area contributed by atoms with Crippen LogP contribution in [0.15, 0.2) is 95.4 Å². The van der Waals surface area contributed by atoms with Crippen LogP contribution < -0.4 is 0 Å². The molecule has 0 saturated heterocycles. The Morgan fingerprint density at radius 1 is 0.643 bits per heavy atom. The highest BCUT2D eigenvalue weighted by atomic mass is 16.3. The Morgan fingerprint density at radius 3 is 2.25 bits per heavy atom. The van der Waals surface area contributed by atoms with Crippen molar-refractivity contribution >= 4 is 22.4 Å². The van der Waals surface area contributed by atoms with Gasteiger partial charge >= 0.3 is 0 Å². The van der Waals surface area contributed by atoms with Crippen LogP contribution in [0.1, 0.15) is 16.7 Å². The Kier molecular flexibility index (Phi) is 3.30. The summed E-state index contributed by atoms with van der Waals surface area (Å²) in [4.78, 5) is 0. The van der Waals surface area contributed by atoms with Gasteiger partial charge in [-0.05, 0) is 46.0 Å². The SMILES string of the molecule is C1=C(c2c3oc(-c4ccccc4)ccc-3c3ccccc23)Cc2ccccc21. The van der Waals surface area contributed by atoms with Crippen molar-refractivity contribution in [3.8, 4) is 22.6 Å². The summed E-state index contributed by atoms with van der Waals surface area (Å²) in [6.07, 6.45) is 3.27. The molecule has 0 fully saturated rings. The van der Waals surface area contributed by atoms with Gasteiger partial charge in [0.05, 0.1) is 0 Å². The van der Waals surface area contributed by atoms with Crippen LogP contribution in [0.3, 0.4) is 0 Å². The first-order valence-electron chi connectivity index (χ1n) is 9.67. The molecule has 6 rings (SSSR count). The van der Waals surface area contributed by atoms with Gasteiger partial charge in [-0.25, -0.2) is 0 Å². The highest BCUT2D eigenvalue weighted by molar-refractivity contribution is 6.12. The first-order chi connectivity index (χ1) is 13.9. The molecule has 0 N–H and O–H groups in total. The van der Waals surface area contributed by atoms with Crippen LogP contribution in [0.2, 0.25) is 0 Å². The number of hydrogen-bond donors (Lipinski definition) is 0. The third-order valence-electron chi connectivity index (χ3n) is 5.72. The Balaban J connectivity index is 1.63. The molecule has 0 atom stereocenters. The van der Waals surface area contributed by atoms with Gasteiger partial charge in [0, 0.05) is 16.7 Å². The fourth-order valence-corrected chi connectivity index (χ4v) is 4.41. The molecule has 1 aliphatic heterocycles. The van der Waals surface area contributed by atoms with Crippen molar-refractivity contribution in [1.29, 1.82) is 0 Å². The molecule has 3 aliphatic rings. The molecule has 1 heteroatoms. The van der Waals surface area contributed by atoms with E-state index in [4.69, 9.17) is 4.42 Å². The molecule has 132 valence electrons. The molecule has 0 amide bonds. The molecule has 28 heavy (non-hydrogen) atoms. The summed E-state index contributed by atoms with van der Waals surface area (Å²) in [6, 6.07) is 31.9. The second-order valence-electron chi connectivity index (χ2n) is 7.37. The van der Waals surface area contributed by atoms with E-state index in [0.29, 0.717) is 0 Å². The summed E-state index contributed by atoms with van der Waals surface area (Å²) in [5.41, 5.74) is 7.55. The van der Waals surface area contributed by atoms with Crippen molar-refractivity contribution < 1.29 is 4.42 Å². The van der Waals surface area contributed by atoms with Gasteiger partial charge in [0.15, 0.2) is 0 Å². The largest absolute Gasteiger partial charge is 0.455 e. The molecular weight excluding hydrogens is 340 g/mol. The van der Waals surface area contributed by atoms with E-state index in [0.717, 1.165) is 23.5 Å². The first-order valence-corrected chi connectivity index (χ1v) is 9.67. The Bertz CT molecular complexity index is 1320. The minimum Gasteiger partial charge on any atom is -0.455 e. The summed E-state index contributed by atoms with van der Waals surface area (Å²) < 4.78 is 6.53. The van der Waals surface area contributed by atoms with Gasteiger partial charge in [-0.3, -0.25) is 0 Å². The molecule has 0 spiro atoms. The average Bonchev–Trinajstić information content (AvgIpc) is 3.32. The van der Waals surface area contributed by atoms with Crippen LogP contribution in [-0.4, -0.2) is 0 Å². The van der Waals surface area contributed by atoms with Gasteiger partial charge in [0.2, 0.25) is 0 Å². The summed E-state index contributed by atoms with van der Waals surface area (Å²) in [5, 5.41) is 2.53. The van der Waals surface area contributed by atoms with E-state index in [2.05, 4.69) is 78.9 Å². The number of allylic oxidation sites excluding steroid dienone is 1. The van der Waals surface area contributed by atoms with E-state index in [1.165, 1.54) is 38.6 Å². The third-order valence-corrected chi connectivity index (χ3v) is 5.72. The van der Waals surface area contributed by atoms with Crippen LogP contribution >= 0.6 is 0 Å². The fraction of sp³-hybridized carbons (Fsp3) is 0.0370. The van der Waals surface area contributed by atoms with Gasteiger partial charge in [-0.2, -0.15) is 0 Å². The Labute approximate surface area is 163 Å². The summed E-state index contributed by atoms with van der Waals surface area (Å²) in [6.45, 7) is 0. The molecule has 0 saturated carbocycles. The van der Waals surface area contributed by atoms with Crippen molar-refractivity contribution in [2.24, 2.45) is 0 Å². The standard InChI is InChI=1S/C27H18O/c1-2-8-18(9-3-1)25-15-14-24-22-12-6-7-13-23(22)26(27(24)28-25)21-16-19-10-4-5-11-20(19)17-21/h1-16H,17H2. The van der Waals surface area contributed by atoms with Gasteiger partial charge in [-0.15, -0.1) is 0 Å². The van der Waals surface area contributed by atoms with Crippen LogP contribution in [-0.2, 0) is 6.42 Å². The maximum Gasteiger partial charge on any atom is 0.143 e. The Hall–Kier alpha value is -3.58. The molecule has 0 radical (unpaired) electrons. The molecule has 1 nitrogen and oxygen atoms in total. The zero-order valence-corrected chi connectivity index (χ0v) is 15.4. The highest BCUT2D eigenvalue weighted by Crippen LogP contribution is 2.46. The fourth-order valence-electron chi connectivity index (χ4n) is 4.41. The lowest BCUT2D eigenvalue weighted by Gasteiger charge is -2.08. The molecule has 3 aromatic carbocycles. The number of rotatable bonds is 2. The van der Waals surface area contributed by atoms with E-state index in [1.54, 1.807) is 0 Å². The lowest BCUT2D eigenvalue weighted by atomic mass is 10.0. The van der Waals surface area contributed by atoms with Gasteiger partial charge in [-0.1, -0.05) is 84.9 Å². The van der Waals surface area contributed by atoms with Crippen molar-refractivity contribution in [3.63, 3.8) is 0 Å². The van der Waals surface area contributed by atoms with E-state index < -0.39 is 0 Å². The number of fused-ring (bicyclic) bond motifs is 4. The molecule has 3 aromatic rings. The topological polar surface area (TPSA) is 13.1 Å². The van der Waals surface area contributed by atoms with Gasteiger partial charge < -0.3 is 4.42 Å². The quantitative estimate of drug-likeness (QED) is 0.323. The van der Waals surface area contributed by atoms with E-state index in [9.17, 15) is 0 Å². The average molecular weight is 358 g/mol. The normalized spacial score (nSPS) is 13.1. The maximum absolute atomic E-state index is 6.53. The molecule has 0 bridgehead atoms. The van der Waals surface area contributed by atoms with E-state index in [-0.39, 0.29) is 0 Å². The molecule has 0 aromatic heterocycles. The smallest absolute Gasteiger partial charge is 0.143 e. The predicted octanol–water partition coefficient (Wildman–Crippen LogP) is 7.30. The number of hydrogen-bond acceptors (Lipinski definition) is 1. The molecule has 1 heterocycles. The van der Waals surface area contributed by atoms with Gasteiger partial charge in [0.1, 0.15) is 11.5 Å². The van der Waals surface area contributed by atoms with Crippen molar-refractivity contribution in [1.82, 2.24) is 0 Å². The second-order valence-corrected chi connectivity index (χ2v) is 7.37. The maximum atomic E-state index is 6.53. The second kappa shape index (κ2) is 5.97. The zero-order chi connectivity index (χ0) is 18.5. The highest BCUT2D eigenvalue weighted by Gasteiger charge is 2.25. The monoisotopic (exact) mass is 358 g/mol. The number of benzene rings is 3. The predicted molar refractivity (Wildman–Crippen MR) is 116 cm³/mol.